The van der Waals surface area contributed by atoms with E-state index in [4.69, 9.17) is 0 Å². The fourth-order valence-electron chi connectivity index (χ4n) is 3.16. The van der Waals surface area contributed by atoms with Crippen LogP contribution in [0.4, 0.5) is 0 Å². The lowest BCUT2D eigenvalue weighted by Crippen LogP contribution is -2.13. The Morgan fingerprint density at radius 2 is 0.552 bits per heavy atom. The van der Waals surface area contributed by atoms with Gasteiger partial charge in [-0.15, -0.1) is 15.8 Å². The van der Waals surface area contributed by atoms with Gasteiger partial charge in [0, 0.05) is 0 Å². The van der Waals surface area contributed by atoms with Crippen LogP contribution >= 0.6 is 15.8 Å². The van der Waals surface area contributed by atoms with Crippen LogP contribution in [0.5, 0.6) is 0 Å². The second-order valence-electron chi connectivity index (χ2n) is 14.3. The SMILES string of the molecule is CC(C)(C)CCP(CCCP(CCC(C)(C)C)CCC(C)(C)C)CCC(C)(C)C. The number of rotatable bonds is 12. The van der Waals surface area contributed by atoms with E-state index in [9.17, 15) is 0 Å². The van der Waals surface area contributed by atoms with Crippen LogP contribution in [0.15, 0.2) is 0 Å². The van der Waals surface area contributed by atoms with E-state index in [1.54, 1.807) is 0 Å². The molecule has 0 heterocycles. The van der Waals surface area contributed by atoms with E-state index >= 15 is 0 Å². The Balaban J connectivity index is 4.72. The highest BCUT2D eigenvalue weighted by molar-refractivity contribution is 7.58. The summed E-state index contributed by atoms with van der Waals surface area (Å²) >= 11 is 0. The summed E-state index contributed by atoms with van der Waals surface area (Å²) in [6.45, 7) is 29.0. The Kier molecular flexibility index (Phi) is 13.2. The highest BCUT2D eigenvalue weighted by Crippen LogP contribution is 2.46. The van der Waals surface area contributed by atoms with Crippen molar-refractivity contribution in [1.29, 1.82) is 0 Å². The first-order valence-electron chi connectivity index (χ1n) is 12.3. The van der Waals surface area contributed by atoms with Crippen molar-refractivity contribution in [3.05, 3.63) is 0 Å². The maximum Gasteiger partial charge on any atom is -0.0321 e. The number of hydrogen-bond acceptors (Lipinski definition) is 0. The van der Waals surface area contributed by atoms with Gasteiger partial charge in [-0.05, 0) is 90.7 Å². The quantitative estimate of drug-likeness (QED) is 0.263. The van der Waals surface area contributed by atoms with Crippen molar-refractivity contribution in [3.63, 3.8) is 0 Å². The molecule has 0 aliphatic carbocycles. The van der Waals surface area contributed by atoms with Gasteiger partial charge in [-0.1, -0.05) is 83.1 Å². The highest BCUT2D eigenvalue weighted by atomic mass is 31.1. The monoisotopic (exact) mass is 444 g/mol. The molecule has 0 amide bonds. The van der Waals surface area contributed by atoms with Gasteiger partial charge in [-0.25, -0.2) is 0 Å². The van der Waals surface area contributed by atoms with Crippen molar-refractivity contribution < 1.29 is 0 Å². The molecule has 0 radical (unpaired) electrons. The normalized spacial score (nSPS) is 14.3. The van der Waals surface area contributed by atoms with Gasteiger partial charge in [0.2, 0.25) is 0 Å². The van der Waals surface area contributed by atoms with Crippen LogP contribution in [0.3, 0.4) is 0 Å². The first-order valence-corrected chi connectivity index (χ1v) is 16.1. The van der Waals surface area contributed by atoms with Crippen LogP contribution in [0, 0.1) is 21.7 Å². The Morgan fingerprint density at radius 3 is 0.724 bits per heavy atom. The zero-order chi connectivity index (χ0) is 22.9. The van der Waals surface area contributed by atoms with Gasteiger partial charge in [-0.2, -0.15) is 0 Å². The predicted molar refractivity (Wildman–Crippen MR) is 144 cm³/mol. The van der Waals surface area contributed by atoms with Crippen molar-refractivity contribution in [1.82, 2.24) is 0 Å². The summed E-state index contributed by atoms with van der Waals surface area (Å²) in [5.41, 5.74) is 1.98. The zero-order valence-electron chi connectivity index (χ0n) is 22.7. The third-order valence-corrected chi connectivity index (χ3v) is 11.0. The molecular formula is C27H58P2. The average Bonchev–Trinajstić information content (AvgIpc) is 2.47. The predicted octanol–water partition coefficient (Wildman–Crippen LogP) is 10.1. The Bertz CT molecular complexity index is 336. The number of hydrogen-bond donors (Lipinski definition) is 0. The van der Waals surface area contributed by atoms with E-state index in [2.05, 4.69) is 83.1 Å². The summed E-state index contributed by atoms with van der Waals surface area (Å²) < 4.78 is 0. The molecule has 0 aromatic rings. The molecule has 0 aliphatic rings. The zero-order valence-corrected chi connectivity index (χ0v) is 24.5. The Morgan fingerprint density at radius 1 is 0.345 bits per heavy atom. The summed E-state index contributed by atoms with van der Waals surface area (Å²) in [6.07, 6.45) is 16.2. The summed E-state index contributed by atoms with van der Waals surface area (Å²) in [7, 11) is 0.453. The van der Waals surface area contributed by atoms with Gasteiger partial charge in [-0.3, -0.25) is 0 Å². The molecular weight excluding hydrogens is 386 g/mol. The molecule has 0 aromatic carbocycles. The molecule has 0 unspecified atom stereocenters. The second-order valence-corrected chi connectivity index (χ2v) is 19.6. The minimum Gasteiger partial charge on any atom is -0.107 e. The first kappa shape index (κ1) is 29.9. The molecule has 0 aromatic heterocycles. The van der Waals surface area contributed by atoms with Crippen LogP contribution in [0.1, 0.15) is 115 Å². The van der Waals surface area contributed by atoms with Crippen molar-refractivity contribution in [2.24, 2.45) is 21.7 Å². The smallest absolute Gasteiger partial charge is 0.0321 e. The van der Waals surface area contributed by atoms with Crippen molar-refractivity contribution in [2.75, 3.05) is 37.0 Å². The maximum atomic E-state index is 2.42. The molecule has 0 aliphatic heterocycles. The molecule has 0 spiro atoms. The summed E-state index contributed by atoms with van der Waals surface area (Å²) in [5, 5.41) is 0. The van der Waals surface area contributed by atoms with E-state index in [-0.39, 0.29) is 15.8 Å². The van der Waals surface area contributed by atoms with Gasteiger partial charge in [0.05, 0.1) is 0 Å². The van der Waals surface area contributed by atoms with Gasteiger partial charge in [0.1, 0.15) is 0 Å². The average molecular weight is 445 g/mol. The van der Waals surface area contributed by atoms with E-state index in [1.807, 2.05) is 0 Å². The molecule has 0 bridgehead atoms. The summed E-state index contributed by atoms with van der Waals surface area (Å²) in [5.74, 6) is 0. The Hall–Kier alpha value is 0.860. The fourth-order valence-corrected chi connectivity index (χ4v) is 9.91. The van der Waals surface area contributed by atoms with E-state index in [0.29, 0.717) is 21.7 Å². The fraction of sp³-hybridized carbons (Fsp3) is 1.00. The molecule has 0 nitrogen and oxygen atoms in total. The molecule has 29 heavy (non-hydrogen) atoms. The van der Waals surface area contributed by atoms with Gasteiger partial charge in [0.25, 0.3) is 0 Å². The summed E-state index contributed by atoms with van der Waals surface area (Å²) in [6, 6.07) is 0. The first-order chi connectivity index (χ1) is 12.9. The molecule has 0 N–H and O–H groups in total. The van der Waals surface area contributed by atoms with E-state index in [0.717, 1.165) is 0 Å². The third-order valence-electron chi connectivity index (χ3n) is 5.66. The molecule has 0 saturated carbocycles. The second kappa shape index (κ2) is 12.8. The van der Waals surface area contributed by atoms with Crippen molar-refractivity contribution >= 4 is 15.8 Å². The lowest BCUT2D eigenvalue weighted by molar-refractivity contribution is 0.394. The minimum absolute atomic E-state index is 0.227. The van der Waals surface area contributed by atoms with Crippen LogP contribution < -0.4 is 0 Å². The molecule has 0 saturated heterocycles. The maximum absolute atomic E-state index is 2.42. The standard InChI is InChI=1S/C27H58P2/c1-24(2,3)14-20-28(21-15-25(4,5)6)18-13-19-29(22-16-26(7,8)9)23-17-27(10,11)12/h13-23H2,1-12H3. The molecule has 0 atom stereocenters. The van der Waals surface area contributed by atoms with E-state index < -0.39 is 0 Å². The molecule has 0 rings (SSSR count). The molecule has 176 valence electrons. The van der Waals surface area contributed by atoms with Gasteiger partial charge in [0.15, 0.2) is 0 Å². The van der Waals surface area contributed by atoms with Crippen LogP contribution in [-0.4, -0.2) is 37.0 Å². The minimum atomic E-state index is 0.227. The van der Waals surface area contributed by atoms with Crippen LogP contribution in [-0.2, 0) is 0 Å². The van der Waals surface area contributed by atoms with E-state index in [1.165, 1.54) is 69.1 Å². The lowest BCUT2D eigenvalue weighted by Gasteiger charge is -2.29. The topological polar surface area (TPSA) is 0 Å². The molecule has 0 fully saturated rings. The third kappa shape index (κ3) is 21.9. The van der Waals surface area contributed by atoms with Crippen molar-refractivity contribution in [2.45, 2.75) is 115 Å². The van der Waals surface area contributed by atoms with Crippen LogP contribution in [0.2, 0.25) is 0 Å². The van der Waals surface area contributed by atoms with Crippen LogP contribution in [0.25, 0.3) is 0 Å². The summed E-state index contributed by atoms with van der Waals surface area (Å²) in [4.78, 5) is 0. The van der Waals surface area contributed by atoms with Crippen molar-refractivity contribution in [3.8, 4) is 0 Å². The lowest BCUT2D eigenvalue weighted by atomic mass is 9.93. The highest BCUT2D eigenvalue weighted by Gasteiger charge is 2.21. The van der Waals surface area contributed by atoms with Gasteiger partial charge < -0.3 is 0 Å². The molecule has 2 heteroatoms. The largest absolute Gasteiger partial charge is 0.107 e. The van der Waals surface area contributed by atoms with Gasteiger partial charge >= 0.3 is 0 Å². The Labute approximate surface area is 189 Å².